The standard InChI is InChI=1S/C15H19F2N3/c1-5-20-13(18)12(19-14(20)15(2,3)4)9-6-10(16)8-11(17)7-9/h6-8H,5,18H2,1-4H3. The van der Waals surface area contributed by atoms with Crippen LogP contribution < -0.4 is 5.73 Å². The Balaban J connectivity index is 2.66. The molecule has 0 saturated heterocycles. The zero-order chi connectivity index (χ0) is 15.1. The molecule has 2 rings (SSSR count). The summed E-state index contributed by atoms with van der Waals surface area (Å²) in [5.41, 5.74) is 6.68. The van der Waals surface area contributed by atoms with Crippen molar-refractivity contribution in [2.75, 3.05) is 5.73 Å². The number of anilines is 1. The third-order valence-electron chi connectivity index (χ3n) is 3.13. The fraction of sp³-hybridized carbons (Fsp3) is 0.400. The lowest BCUT2D eigenvalue weighted by atomic mass is 9.95. The Morgan fingerprint density at radius 2 is 1.70 bits per heavy atom. The van der Waals surface area contributed by atoms with Crippen molar-refractivity contribution in [1.82, 2.24) is 9.55 Å². The van der Waals surface area contributed by atoms with Crippen LogP contribution in [0.5, 0.6) is 0 Å². The Labute approximate surface area is 117 Å². The largest absolute Gasteiger partial charge is 0.383 e. The number of halogens is 2. The summed E-state index contributed by atoms with van der Waals surface area (Å²) in [6.07, 6.45) is 0. The molecule has 0 aliphatic heterocycles. The maximum absolute atomic E-state index is 13.4. The van der Waals surface area contributed by atoms with Crippen LogP contribution in [0.1, 0.15) is 33.5 Å². The molecule has 1 heterocycles. The summed E-state index contributed by atoms with van der Waals surface area (Å²) in [7, 11) is 0. The predicted molar refractivity (Wildman–Crippen MR) is 76.4 cm³/mol. The van der Waals surface area contributed by atoms with E-state index in [1.54, 1.807) is 0 Å². The van der Waals surface area contributed by atoms with Gasteiger partial charge in [-0.25, -0.2) is 13.8 Å². The van der Waals surface area contributed by atoms with Gasteiger partial charge >= 0.3 is 0 Å². The van der Waals surface area contributed by atoms with Crippen molar-refractivity contribution in [3.05, 3.63) is 35.7 Å². The lowest BCUT2D eigenvalue weighted by Crippen LogP contribution is -2.19. The molecule has 0 saturated carbocycles. The van der Waals surface area contributed by atoms with Gasteiger partial charge in [0.15, 0.2) is 0 Å². The maximum atomic E-state index is 13.4. The summed E-state index contributed by atoms with van der Waals surface area (Å²) < 4.78 is 28.6. The van der Waals surface area contributed by atoms with Crippen LogP contribution in [0.4, 0.5) is 14.6 Å². The highest BCUT2D eigenvalue weighted by Gasteiger charge is 2.25. The van der Waals surface area contributed by atoms with Crippen molar-refractivity contribution < 1.29 is 8.78 Å². The number of hydrogen-bond donors (Lipinski definition) is 1. The third-order valence-corrected chi connectivity index (χ3v) is 3.13. The Hall–Kier alpha value is -1.91. The summed E-state index contributed by atoms with van der Waals surface area (Å²) in [5.74, 6) is -0.0369. The highest BCUT2D eigenvalue weighted by Crippen LogP contribution is 2.32. The molecule has 1 aromatic heterocycles. The van der Waals surface area contributed by atoms with Crippen LogP contribution in [0.25, 0.3) is 11.3 Å². The van der Waals surface area contributed by atoms with Crippen LogP contribution >= 0.6 is 0 Å². The molecule has 0 unspecified atom stereocenters. The molecule has 0 bridgehead atoms. The first-order valence-electron chi connectivity index (χ1n) is 6.57. The van der Waals surface area contributed by atoms with Crippen molar-refractivity contribution in [2.24, 2.45) is 0 Å². The van der Waals surface area contributed by atoms with Crippen LogP contribution in [0.2, 0.25) is 0 Å². The number of hydrogen-bond acceptors (Lipinski definition) is 2. The Morgan fingerprint density at radius 3 is 2.10 bits per heavy atom. The number of rotatable bonds is 2. The molecular formula is C15H19F2N3. The van der Waals surface area contributed by atoms with Gasteiger partial charge in [0.25, 0.3) is 0 Å². The van der Waals surface area contributed by atoms with Gasteiger partial charge in [-0.2, -0.15) is 0 Å². The summed E-state index contributed by atoms with van der Waals surface area (Å²) in [6, 6.07) is 3.32. The van der Waals surface area contributed by atoms with Crippen molar-refractivity contribution in [2.45, 2.75) is 39.7 Å². The van der Waals surface area contributed by atoms with Crippen molar-refractivity contribution in [3.63, 3.8) is 0 Å². The molecule has 1 aromatic carbocycles. The molecule has 5 heteroatoms. The minimum Gasteiger partial charge on any atom is -0.383 e. The minimum atomic E-state index is -0.636. The van der Waals surface area contributed by atoms with Gasteiger partial charge in [0.2, 0.25) is 0 Å². The number of nitrogens with two attached hydrogens (primary N) is 1. The average Bonchev–Trinajstić information content (AvgIpc) is 2.64. The van der Waals surface area contributed by atoms with Gasteiger partial charge in [-0.1, -0.05) is 20.8 Å². The number of aromatic nitrogens is 2. The van der Waals surface area contributed by atoms with E-state index in [0.717, 1.165) is 11.9 Å². The van der Waals surface area contributed by atoms with Crippen LogP contribution in [0.15, 0.2) is 18.2 Å². The molecule has 20 heavy (non-hydrogen) atoms. The second kappa shape index (κ2) is 4.89. The van der Waals surface area contributed by atoms with Crippen LogP contribution in [0.3, 0.4) is 0 Å². The maximum Gasteiger partial charge on any atom is 0.131 e. The smallest absolute Gasteiger partial charge is 0.131 e. The molecule has 0 aliphatic carbocycles. The summed E-state index contributed by atoms with van der Waals surface area (Å²) >= 11 is 0. The van der Waals surface area contributed by atoms with Crippen molar-refractivity contribution in [1.29, 1.82) is 0 Å². The number of nitrogens with zero attached hydrogens (tertiary/aromatic N) is 2. The van der Waals surface area contributed by atoms with E-state index in [2.05, 4.69) is 4.98 Å². The van der Waals surface area contributed by atoms with E-state index in [1.807, 2.05) is 32.3 Å². The fourth-order valence-electron chi connectivity index (χ4n) is 2.26. The van der Waals surface area contributed by atoms with Crippen LogP contribution in [-0.4, -0.2) is 9.55 Å². The van der Waals surface area contributed by atoms with Gasteiger partial charge in [-0.3, -0.25) is 0 Å². The zero-order valence-corrected chi connectivity index (χ0v) is 12.2. The van der Waals surface area contributed by atoms with E-state index in [0.29, 0.717) is 23.6 Å². The Kier molecular flexibility index (Phi) is 3.54. The Bertz CT molecular complexity index is 619. The quantitative estimate of drug-likeness (QED) is 0.910. The first kappa shape index (κ1) is 14.5. The van der Waals surface area contributed by atoms with E-state index < -0.39 is 11.6 Å². The molecular weight excluding hydrogens is 260 g/mol. The zero-order valence-electron chi connectivity index (χ0n) is 12.2. The molecule has 2 N–H and O–H groups in total. The van der Waals surface area contributed by atoms with Crippen LogP contribution in [-0.2, 0) is 12.0 Å². The third kappa shape index (κ3) is 2.53. The lowest BCUT2D eigenvalue weighted by Gasteiger charge is -2.19. The summed E-state index contributed by atoms with van der Waals surface area (Å²) in [6.45, 7) is 8.69. The van der Waals surface area contributed by atoms with E-state index >= 15 is 0 Å². The Morgan fingerprint density at radius 1 is 1.15 bits per heavy atom. The van der Waals surface area contributed by atoms with Gasteiger partial charge in [0.05, 0.1) is 0 Å². The summed E-state index contributed by atoms with van der Waals surface area (Å²) in [5, 5.41) is 0. The summed E-state index contributed by atoms with van der Waals surface area (Å²) in [4.78, 5) is 4.51. The number of imidazole rings is 1. The minimum absolute atomic E-state index is 0.200. The van der Waals surface area contributed by atoms with Gasteiger partial charge in [-0.05, 0) is 19.1 Å². The molecule has 0 amide bonds. The van der Waals surface area contributed by atoms with E-state index in [1.165, 1.54) is 12.1 Å². The molecule has 0 radical (unpaired) electrons. The normalized spacial score (nSPS) is 11.9. The topological polar surface area (TPSA) is 43.8 Å². The average molecular weight is 279 g/mol. The first-order valence-corrected chi connectivity index (χ1v) is 6.57. The SMILES string of the molecule is CCn1c(C(C)(C)C)nc(-c2cc(F)cc(F)c2)c1N. The molecule has 2 aromatic rings. The second-order valence-electron chi connectivity index (χ2n) is 5.82. The molecule has 108 valence electrons. The second-order valence-corrected chi connectivity index (χ2v) is 5.82. The molecule has 0 aliphatic rings. The van der Waals surface area contributed by atoms with Gasteiger partial charge in [-0.15, -0.1) is 0 Å². The first-order chi connectivity index (χ1) is 9.24. The van der Waals surface area contributed by atoms with E-state index in [9.17, 15) is 8.78 Å². The van der Waals surface area contributed by atoms with Crippen molar-refractivity contribution in [3.8, 4) is 11.3 Å². The molecule has 3 nitrogen and oxygen atoms in total. The van der Waals surface area contributed by atoms with Crippen LogP contribution in [0, 0.1) is 11.6 Å². The highest BCUT2D eigenvalue weighted by atomic mass is 19.1. The molecule has 0 spiro atoms. The van der Waals surface area contributed by atoms with Gasteiger partial charge in [0.1, 0.15) is 29.0 Å². The van der Waals surface area contributed by atoms with Gasteiger partial charge in [0, 0.05) is 23.6 Å². The van der Waals surface area contributed by atoms with E-state index in [-0.39, 0.29) is 5.41 Å². The van der Waals surface area contributed by atoms with Crippen molar-refractivity contribution >= 4 is 5.82 Å². The van der Waals surface area contributed by atoms with E-state index in [4.69, 9.17) is 5.73 Å². The monoisotopic (exact) mass is 279 g/mol. The molecule has 0 atom stereocenters. The molecule has 0 fully saturated rings. The number of nitrogen functional groups attached to an aromatic ring is 1. The van der Waals surface area contributed by atoms with Gasteiger partial charge < -0.3 is 10.3 Å². The predicted octanol–water partition coefficient (Wildman–Crippen LogP) is 3.73. The highest BCUT2D eigenvalue weighted by molar-refractivity contribution is 5.71. The number of benzene rings is 1. The fourth-order valence-corrected chi connectivity index (χ4v) is 2.26. The lowest BCUT2D eigenvalue weighted by molar-refractivity contribution is 0.508.